The van der Waals surface area contributed by atoms with Crippen molar-refractivity contribution in [3.8, 4) is 0 Å². The largest absolute Gasteiger partial charge is 0.326 e. The van der Waals surface area contributed by atoms with Crippen LogP contribution in [-0.2, 0) is 4.79 Å². The van der Waals surface area contributed by atoms with E-state index in [2.05, 4.69) is 50.5 Å². The minimum atomic E-state index is 0. The average Bonchev–Trinajstić information content (AvgIpc) is 2.41. The fourth-order valence-corrected chi connectivity index (χ4v) is 3.59. The Hall–Kier alpha value is -0.710. The van der Waals surface area contributed by atoms with Gasteiger partial charge in [-0.15, -0.1) is 24.2 Å². The summed E-state index contributed by atoms with van der Waals surface area (Å²) in [4.78, 5) is 13.5. The molecule has 1 saturated heterocycles. The SMILES string of the molecule is Cc1cc(SC(C)(C)C)ccc1NC(=O)C1CCNCC1.Cl. The molecule has 1 fully saturated rings. The van der Waals surface area contributed by atoms with Crippen molar-refractivity contribution < 1.29 is 4.79 Å². The number of carbonyl (C=O) groups excluding carboxylic acids is 1. The summed E-state index contributed by atoms with van der Waals surface area (Å²) in [6.45, 7) is 10.6. The zero-order valence-corrected chi connectivity index (χ0v) is 15.5. The molecule has 0 unspecified atom stereocenters. The second-order valence-electron chi connectivity index (χ2n) is 6.70. The molecule has 2 rings (SSSR count). The third-order valence-electron chi connectivity index (χ3n) is 3.59. The minimum absolute atomic E-state index is 0. The molecule has 0 atom stereocenters. The van der Waals surface area contributed by atoms with Crippen molar-refractivity contribution in [3.05, 3.63) is 23.8 Å². The minimum Gasteiger partial charge on any atom is -0.326 e. The number of thioether (sulfide) groups is 1. The summed E-state index contributed by atoms with van der Waals surface area (Å²) < 4.78 is 0.201. The second-order valence-corrected chi connectivity index (χ2v) is 8.60. The van der Waals surface area contributed by atoms with Gasteiger partial charge in [0.15, 0.2) is 0 Å². The number of anilines is 1. The molecule has 3 nitrogen and oxygen atoms in total. The maximum Gasteiger partial charge on any atom is 0.227 e. The van der Waals surface area contributed by atoms with Gasteiger partial charge in [0.1, 0.15) is 0 Å². The van der Waals surface area contributed by atoms with Crippen molar-refractivity contribution >= 4 is 35.8 Å². The van der Waals surface area contributed by atoms with E-state index >= 15 is 0 Å². The summed E-state index contributed by atoms with van der Waals surface area (Å²) in [5, 5.41) is 6.39. The highest BCUT2D eigenvalue weighted by atomic mass is 35.5. The van der Waals surface area contributed by atoms with Gasteiger partial charge in [-0.3, -0.25) is 4.79 Å². The van der Waals surface area contributed by atoms with Crippen LogP contribution in [-0.4, -0.2) is 23.7 Å². The molecule has 0 bridgehead atoms. The molecular formula is C17H27ClN2OS. The summed E-state index contributed by atoms with van der Waals surface area (Å²) in [7, 11) is 0. The molecule has 0 saturated carbocycles. The van der Waals surface area contributed by atoms with Crippen LogP contribution in [0.3, 0.4) is 0 Å². The molecule has 1 aliphatic rings. The van der Waals surface area contributed by atoms with Crippen molar-refractivity contribution in [1.82, 2.24) is 5.32 Å². The Bertz CT molecular complexity index is 508. The van der Waals surface area contributed by atoms with E-state index in [4.69, 9.17) is 0 Å². The summed E-state index contributed by atoms with van der Waals surface area (Å²) >= 11 is 1.85. The molecule has 1 aromatic carbocycles. The topological polar surface area (TPSA) is 41.1 Å². The van der Waals surface area contributed by atoms with E-state index in [9.17, 15) is 4.79 Å². The molecule has 0 spiro atoms. The van der Waals surface area contributed by atoms with Gasteiger partial charge in [0, 0.05) is 21.2 Å². The molecule has 0 radical (unpaired) electrons. The standard InChI is InChI=1S/C17H26N2OS.ClH/c1-12-11-14(21-17(2,3)4)5-6-15(12)19-16(20)13-7-9-18-10-8-13;/h5-6,11,13,18H,7-10H2,1-4H3,(H,19,20);1H. The lowest BCUT2D eigenvalue weighted by Crippen LogP contribution is -2.34. The number of benzene rings is 1. The van der Waals surface area contributed by atoms with Gasteiger partial charge in [-0.1, -0.05) is 20.8 Å². The van der Waals surface area contributed by atoms with Crippen LogP contribution in [0.15, 0.2) is 23.1 Å². The van der Waals surface area contributed by atoms with Gasteiger partial charge >= 0.3 is 0 Å². The normalized spacial score (nSPS) is 16.0. The summed E-state index contributed by atoms with van der Waals surface area (Å²) in [6, 6.07) is 6.29. The van der Waals surface area contributed by atoms with Crippen molar-refractivity contribution in [2.45, 2.75) is 50.2 Å². The summed E-state index contributed by atoms with van der Waals surface area (Å²) in [5.74, 6) is 0.310. The van der Waals surface area contributed by atoms with Gasteiger partial charge in [0.2, 0.25) is 5.91 Å². The van der Waals surface area contributed by atoms with Gasteiger partial charge < -0.3 is 10.6 Å². The number of hydrogen-bond donors (Lipinski definition) is 2. The van der Waals surface area contributed by atoms with Crippen LogP contribution in [0, 0.1) is 12.8 Å². The number of carbonyl (C=O) groups is 1. The zero-order valence-electron chi connectivity index (χ0n) is 13.9. The van der Waals surface area contributed by atoms with Crippen molar-refractivity contribution in [3.63, 3.8) is 0 Å². The van der Waals surface area contributed by atoms with E-state index in [0.717, 1.165) is 37.2 Å². The third kappa shape index (κ3) is 5.82. The number of aryl methyl sites for hydroxylation is 1. The fourth-order valence-electron chi connectivity index (χ4n) is 2.51. The predicted octanol–water partition coefficient (Wildman–Crippen LogP) is 4.25. The van der Waals surface area contributed by atoms with Crippen molar-refractivity contribution in [1.29, 1.82) is 0 Å². The fraction of sp³-hybridized carbons (Fsp3) is 0.588. The predicted molar refractivity (Wildman–Crippen MR) is 98.3 cm³/mol. The van der Waals surface area contributed by atoms with Crippen molar-refractivity contribution in [2.75, 3.05) is 18.4 Å². The van der Waals surface area contributed by atoms with Crippen LogP contribution >= 0.6 is 24.2 Å². The maximum absolute atomic E-state index is 12.3. The number of rotatable bonds is 3. The third-order valence-corrected chi connectivity index (χ3v) is 4.69. The molecule has 0 aliphatic carbocycles. The highest BCUT2D eigenvalue weighted by Crippen LogP contribution is 2.33. The van der Waals surface area contributed by atoms with Gasteiger partial charge in [0.25, 0.3) is 0 Å². The molecule has 1 aliphatic heterocycles. The van der Waals surface area contributed by atoms with Gasteiger partial charge in [-0.25, -0.2) is 0 Å². The molecular weight excluding hydrogens is 316 g/mol. The van der Waals surface area contributed by atoms with E-state index in [0.29, 0.717) is 0 Å². The van der Waals surface area contributed by atoms with Gasteiger partial charge in [0.05, 0.1) is 0 Å². The van der Waals surface area contributed by atoms with E-state index in [-0.39, 0.29) is 29.0 Å². The molecule has 22 heavy (non-hydrogen) atoms. The van der Waals surface area contributed by atoms with Crippen LogP contribution in [0.25, 0.3) is 0 Å². The molecule has 1 heterocycles. The maximum atomic E-state index is 12.3. The van der Waals surface area contributed by atoms with Crippen LogP contribution in [0.5, 0.6) is 0 Å². The first kappa shape index (κ1) is 19.3. The average molecular weight is 343 g/mol. The Morgan fingerprint density at radius 1 is 1.27 bits per heavy atom. The first-order valence-electron chi connectivity index (χ1n) is 7.66. The van der Waals surface area contributed by atoms with Crippen LogP contribution in [0.2, 0.25) is 0 Å². The number of nitrogens with one attached hydrogen (secondary N) is 2. The van der Waals surface area contributed by atoms with E-state index in [1.165, 1.54) is 4.90 Å². The molecule has 5 heteroatoms. The molecule has 2 N–H and O–H groups in total. The Morgan fingerprint density at radius 2 is 1.91 bits per heavy atom. The van der Waals surface area contributed by atoms with E-state index in [1.807, 2.05) is 17.8 Å². The Kier molecular flexibility index (Phi) is 7.23. The van der Waals surface area contributed by atoms with Crippen LogP contribution < -0.4 is 10.6 Å². The lowest BCUT2D eigenvalue weighted by atomic mass is 9.97. The van der Waals surface area contributed by atoms with Crippen LogP contribution in [0.1, 0.15) is 39.2 Å². The molecule has 1 aromatic rings. The van der Waals surface area contributed by atoms with E-state index in [1.54, 1.807) is 0 Å². The van der Waals surface area contributed by atoms with Crippen LogP contribution in [0.4, 0.5) is 5.69 Å². The Labute approximate surface area is 144 Å². The zero-order chi connectivity index (χ0) is 15.5. The number of halogens is 1. The number of amides is 1. The summed E-state index contributed by atoms with van der Waals surface area (Å²) in [6.07, 6.45) is 1.87. The molecule has 1 amide bonds. The van der Waals surface area contributed by atoms with Crippen molar-refractivity contribution in [2.24, 2.45) is 5.92 Å². The molecule has 0 aromatic heterocycles. The quantitative estimate of drug-likeness (QED) is 0.807. The highest BCUT2D eigenvalue weighted by molar-refractivity contribution is 8.00. The monoisotopic (exact) mass is 342 g/mol. The van der Waals surface area contributed by atoms with Gasteiger partial charge in [-0.2, -0.15) is 0 Å². The number of piperidine rings is 1. The Morgan fingerprint density at radius 3 is 2.45 bits per heavy atom. The smallest absolute Gasteiger partial charge is 0.227 e. The van der Waals surface area contributed by atoms with Gasteiger partial charge in [-0.05, 0) is 56.6 Å². The molecule has 124 valence electrons. The first-order chi connectivity index (χ1) is 9.85. The second kappa shape index (κ2) is 8.23. The Balaban J connectivity index is 0.00000242. The number of hydrogen-bond acceptors (Lipinski definition) is 3. The lowest BCUT2D eigenvalue weighted by Gasteiger charge is -2.22. The first-order valence-corrected chi connectivity index (χ1v) is 8.48. The highest BCUT2D eigenvalue weighted by Gasteiger charge is 2.21. The van der Waals surface area contributed by atoms with E-state index < -0.39 is 0 Å². The lowest BCUT2D eigenvalue weighted by molar-refractivity contribution is -0.120. The summed E-state index contributed by atoms with van der Waals surface area (Å²) in [5.41, 5.74) is 2.07.